The van der Waals surface area contributed by atoms with Gasteiger partial charge in [0.1, 0.15) is 11.4 Å². The Hall–Kier alpha value is -0.510. The van der Waals surface area contributed by atoms with E-state index in [1.165, 1.54) is 9.13 Å². The average Bonchev–Trinajstić information content (AvgIpc) is 2.06. The fourth-order valence-corrected chi connectivity index (χ4v) is 1.98. The molecule has 0 amide bonds. The van der Waals surface area contributed by atoms with Crippen molar-refractivity contribution in [2.75, 3.05) is 0 Å². The van der Waals surface area contributed by atoms with Gasteiger partial charge in [-0.25, -0.2) is 0 Å². The van der Waals surface area contributed by atoms with Crippen molar-refractivity contribution in [2.24, 2.45) is 0 Å². The van der Waals surface area contributed by atoms with E-state index >= 15 is 0 Å². The minimum atomic E-state index is -0.172. The van der Waals surface area contributed by atoms with E-state index in [0.717, 1.165) is 5.75 Å². The second-order valence-corrected chi connectivity index (χ2v) is 4.86. The third-order valence-corrected chi connectivity index (χ3v) is 2.88. The zero-order chi connectivity index (χ0) is 9.47. The summed E-state index contributed by atoms with van der Waals surface area (Å²) in [5.74, 6) is 1.01. The van der Waals surface area contributed by atoms with Crippen LogP contribution in [0.4, 0.5) is 0 Å². The van der Waals surface area contributed by atoms with E-state index < -0.39 is 0 Å². The minimum absolute atomic E-state index is 0.172. The van der Waals surface area contributed by atoms with Gasteiger partial charge in [-0.2, -0.15) is 0 Å². The molecule has 0 spiro atoms. The van der Waals surface area contributed by atoms with Gasteiger partial charge in [0, 0.05) is 5.56 Å². The maximum Gasteiger partial charge on any atom is 0.141 e. The van der Waals surface area contributed by atoms with Crippen LogP contribution in [0.2, 0.25) is 0 Å². The van der Waals surface area contributed by atoms with E-state index in [9.17, 15) is 0 Å². The van der Waals surface area contributed by atoms with E-state index in [0.29, 0.717) is 0 Å². The lowest BCUT2D eigenvalue weighted by molar-refractivity contribution is 0.157. The van der Waals surface area contributed by atoms with Crippen LogP contribution in [0.3, 0.4) is 0 Å². The van der Waals surface area contributed by atoms with Gasteiger partial charge in [-0.05, 0) is 48.6 Å². The van der Waals surface area contributed by atoms with Crippen molar-refractivity contribution in [2.45, 2.75) is 19.4 Å². The molecule has 1 heterocycles. The average molecular weight is 286 g/mol. The molecular formula is C11H11IO. The van der Waals surface area contributed by atoms with E-state index in [2.05, 4.69) is 60.7 Å². The normalized spacial score (nSPS) is 17.8. The van der Waals surface area contributed by atoms with Crippen LogP contribution in [0.1, 0.15) is 19.4 Å². The van der Waals surface area contributed by atoms with Gasteiger partial charge in [0.2, 0.25) is 0 Å². The Balaban J connectivity index is 2.54. The number of fused-ring (bicyclic) bond motifs is 1. The number of hydrogen-bond donors (Lipinski definition) is 0. The molecule has 0 unspecified atom stereocenters. The van der Waals surface area contributed by atoms with Crippen molar-refractivity contribution < 1.29 is 4.74 Å². The first kappa shape index (κ1) is 9.06. The molecule has 68 valence electrons. The molecule has 0 aromatic heterocycles. The SMILES string of the molecule is CC1(C)C=Cc2cccc(I)c2O1. The zero-order valence-corrected chi connectivity index (χ0v) is 9.83. The third-order valence-electron chi connectivity index (χ3n) is 2.03. The minimum Gasteiger partial charge on any atom is -0.482 e. The van der Waals surface area contributed by atoms with Gasteiger partial charge in [0.15, 0.2) is 0 Å². The first-order chi connectivity index (χ1) is 6.08. The fraction of sp³-hybridized carbons (Fsp3) is 0.273. The van der Waals surface area contributed by atoms with Crippen LogP contribution in [0.25, 0.3) is 6.08 Å². The predicted molar refractivity (Wildman–Crippen MR) is 62.9 cm³/mol. The molecule has 0 bridgehead atoms. The topological polar surface area (TPSA) is 9.23 Å². The summed E-state index contributed by atoms with van der Waals surface area (Å²) in [6, 6.07) is 6.19. The summed E-state index contributed by atoms with van der Waals surface area (Å²) < 4.78 is 7.03. The summed E-state index contributed by atoms with van der Waals surface area (Å²) in [7, 11) is 0. The zero-order valence-electron chi connectivity index (χ0n) is 7.67. The van der Waals surface area contributed by atoms with Crippen molar-refractivity contribution in [3.8, 4) is 5.75 Å². The van der Waals surface area contributed by atoms with Crippen LogP contribution in [-0.4, -0.2) is 5.60 Å². The Morgan fingerprint density at radius 3 is 2.85 bits per heavy atom. The molecule has 0 atom stereocenters. The van der Waals surface area contributed by atoms with Gasteiger partial charge in [-0.3, -0.25) is 0 Å². The van der Waals surface area contributed by atoms with Crippen molar-refractivity contribution >= 4 is 28.7 Å². The lowest BCUT2D eigenvalue weighted by Crippen LogP contribution is -2.27. The Morgan fingerprint density at radius 2 is 2.08 bits per heavy atom. The van der Waals surface area contributed by atoms with Crippen LogP contribution < -0.4 is 4.74 Å². The molecule has 1 aliphatic rings. The first-order valence-electron chi connectivity index (χ1n) is 4.25. The maximum atomic E-state index is 5.86. The Labute approximate surface area is 91.9 Å². The van der Waals surface area contributed by atoms with Crippen molar-refractivity contribution in [1.82, 2.24) is 0 Å². The van der Waals surface area contributed by atoms with E-state index in [4.69, 9.17) is 4.74 Å². The summed E-state index contributed by atoms with van der Waals surface area (Å²) in [6.45, 7) is 4.13. The highest BCUT2D eigenvalue weighted by molar-refractivity contribution is 14.1. The predicted octanol–water partition coefficient (Wildman–Crippen LogP) is 3.48. The summed E-state index contributed by atoms with van der Waals surface area (Å²) in [5.41, 5.74) is 1.00. The number of hydrogen-bond acceptors (Lipinski definition) is 1. The highest BCUT2D eigenvalue weighted by Gasteiger charge is 2.22. The largest absolute Gasteiger partial charge is 0.482 e. The summed E-state index contributed by atoms with van der Waals surface area (Å²) in [5, 5.41) is 0. The molecular weight excluding hydrogens is 275 g/mol. The standard InChI is InChI=1S/C11H11IO/c1-11(2)7-6-8-4-3-5-9(12)10(8)13-11/h3-7H,1-2H3. The Bertz CT molecular complexity index is 366. The van der Waals surface area contributed by atoms with Gasteiger partial charge < -0.3 is 4.74 Å². The summed E-state index contributed by atoms with van der Waals surface area (Å²) in [6.07, 6.45) is 4.21. The molecule has 0 radical (unpaired) electrons. The Morgan fingerprint density at radius 1 is 1.31 bits per heavy atom. The Kier molecular flexibility index (Phi) is 2.10. The van der Waals surface area contributed by atoms with Crippen LogP contribution in [0.5, 0.6) is 5.75 Å². The van der Waals surface area contributed by atoms with Crippen molar-refractivity contribution in [3.63, 3.8) is 0 Å². The van der Waals surface area contributed by atoms with E-state index in [1.807, 2.05) is 6.07 Å². The van der Waals surface area contributed by atoms with Gasteiger partial charge in [0.05, 0.1) is 3.57 Å². The van der Waals surface area contributed by atoms with Gasteiger partial charge in [-0.15, -0.1) is 0 Å². The van der Waals surface area contributed by atoms with Crippen molar-refractivity contribution in [3.05, 3.63) is 33.4 Å². The van der Waals surface area contributed by atoms with Crippen LogP contribution in [0.15, 0.2) is 24.3 Å². The van der Waals surface area contributed by atoms with Gasteiger partial charge >= 0.3 is 0 Å². The fourth-order valence-electron chi connectivity index (χ4n) is 1.35. The van der Waals surface area contributed by atoms with Crippen LogP contribution in [-0.2, 0) is 0 Å². The lowest BCUT2D eigenvalue weighted by Gasteiger charge is -2.28. The molecule has 0 saturated heterocycles. The molecule has 2 heteroatoms. The molecule has 0 fully saturated rings. The molecule has 0 aliphatic carbocycles. The maximum absolute atomic E-state index is 5.86. The van der Waals surface area contributed by atoms with Crippen molar-refractivity contribution in [1.29, 1.82) is 0 Å². The number of ether oxygens (including phenoxy) is 1. The monoisotopic (exact) mass is 286 g/mol. The third kappa shape index (κ3) is 1.73. The highest BCUT2D eigenvalue weighted by atomic mass is 127. The second-order valence-electron chi connectivity index (χ2n) is 3.70. The molecule has 13 heavy (non-hydrogen) atoms. The van der Waals surface area contributed by atoms with Crippen LogP contribution in [0, 0.1) is 3.57 Å². The quantitative estimate of drug-likeness (QED) is 0.663. The van der Waals surface area contributed by atoms with E-state index in [1.54, 1.807) is 0 Å². The number of rotatable bonds is 0. The molecule has 0 saturated carbocycles. The molecule has 1 aromatic rings. The van der Waals surface area contributed by atoms with Gasteiger partial charge in [-0.1, -0.05) is 18.2 Å². The number of halogens is 1. The van der Waals surface area contributed by atoms with E-state index in [-0.39, 0.29) is 5.60 Å². The van der Waals surface area contributed by atoms with Crippen LogP contribution >= 0.6 is 22.6 Å². The highest BCUT2D eigenvalue weighted by Crippen LogP contribution is 2.34. The molecule has 0 N–H and O–H groups in total. The summed E-state index contributed by atoms with van der Waals surface area (Å²) in [4.78, 5) is 0. The smallest absolute Gasteiger partial charge is 0.141 e. The molecule has 1 nitrogen and oxygen atoms in total. The number of benzene rings is 1. The molecule has 1 aromatic carbocycles. The molecule has 2 rings (SSSR count). The molecule has 1 aliphatic heterocycles. The number of para-hydroxylation sites is 1. The summed E-state index contributed by atoms with van der Waals surface area (Å²) >= 11 is 2.30. The van der Waals surface area contributed by atoms with Gasteiger partial charge in [0.25, 0.3) is 0 Å². The lowest BCUT2D eigenvalue weighted by atomic mass is 10.0. The second kappa shape index (κ2) is 3.01. The first-order valence-corrected chi connectivity index (χ1v) is 5.33.